The van der Waals surface area contributed by atoms with E-state index in [4.69, 9.17) is 10.5 Å². The summed E-state index contributed by atoms with van der Waals surface area (Å²) in [5.74, 6) is -1.33. The molecule has 1 aliphatic heterocycles. The van der Waals surface area contributed by atoms with Crippen molar-refractivity contribution in [1.82, 2.24) is 9.21 Å². The molecule has 27 heavy (non-hydrogen) atoms. The highest BCUT2D eigenvalue weighted by molar-refractivity contribution is 7.89. The van der Waals surface area contributed by atoms with Gasteiger partial charge in [-0.05, 0) is 25.0 Å². The number of nitrogens with zero attached hydrogens (tertiary/aromatic N) is 4. The van der Waals surface area contributed by atoms with Crippen molar-refractivity contribution in [1.29, 1.82) is 10.5 Å². The van der Waals surface area contributed by atoms with Crippen LogP contribution in [0, 0.1) is 34.4 Å². The number of carbonyl (C=O) groups is 1. The third-order valence-corrected chi connectivity index (χ3v) is 6.49. The van der Waals surface area contributed by atoms with Crippen LogP contribution in [0.3, 0.4) is 0 Å². The second-order valence-corrected chi connectivity index (χ2v) is 8.16. The molecule has 0 unspecified atom stereocenters. The van der Waals surface area contributed by atoms with Crippen molar-refractivity contribution < 1.29 is 17.6 Å². The Kier molecular flexibility index (Phi) is 7.28. The average molecular weight is 392 g/mol. The van der Waals surface area contributed by atoms with Gasteiger partial charge in [-0.15, -0.1) is 0 Å². The zero-order chi connectivity index (χ0) is 19.9. The molecule has 1 aliphatic rings. The molecular weight excluding hydrogens is 371 g/mol. The quantitative estimate of drug-likeness (QED) is 0.704. The lowest BCUT2D eigenvalue weighted by molar-refractivity contribution is -0.136. The van der Waals surface area contributed by atoms with Crippen molar-refractivity contribution in [2.75, 3.05) is 26.2 Å². The molecule has 1 saturated heterocycles. The molecule has 0 saturated carbocycles. The molecule has 7 nitrogen and oxygen atoms in total. The molecule has 1 amide bonds. The largest absolute Gasteiger partial charge is 0.340 e. The minimum Gasteiger partial charge on any atom is -0.340 e. The smallest absolute Gasteiger partial charge is 0.245 e. The molecule has 0 spiro atoms. The normalized spacial score (nSPS) is 15.7. The van der Waals surface area contributed by atoms with E-state index in [0.29, 0.717) is 12.8 Å². The molecule has 1 aromatic rings. The molecule has 1 aromatic carbocycles. The highest BCUT2D eigenvalue weighted by Crippen LogP contribution is 2.26. The van der Waals surface area contributed by atoms with Gasteiger partial charge in [0.1, 0.15) is 10.7 Å². The Labute approximate surface area is 158 Å². The van der Waals surface area contributed by atoms with E-state index in [-0.39, 0.29) is 55.7 Å². The molecular formula is C18H21FN4O3S. The summed E-state index contributed by atoms with van der Waals surface area (Å²) in [6, 6.07) is 9.19. The van der Waals surface area contributed by atoms with Gasteiger partial charge in [-0.1, -0.05) is 12.1 Å². The van der Waals surface area contributed by atoms with Crippen LogP contribution in [0.4, 0.5) is 4.39 Å². The van der Waals surface area contributed by atoms with Gasteiger partial charge in [0.2, 0.25) is 15.9 Å². The number of hydrogen-bond donors (Lipinski definition) is 0. The van der Waals surface area contributed by atoms with Gasteiger partial charge in [0.15, 0.2) is 0 Å². The van der Waals surface area contributed by atoms with E-state index in [1.807, 2.05) is 12.1 Å². The first kappa shape index (κ1) is 20.8. The van der Waals surface area contributed by atoms with Crippen LogP contribution in [-0.2, 0) is 14.8 Å². The number of halogens is 1. The molecule has 0 aliphatic carbocycles. The number of amides is 1. The first-order chi connectivity index (χ1) is 12.9. The summed E-state index contributed by atoms with van der Waals surface area (Å²) in [6.07, 6.45) is 1.000. The summed E-state index contributed by atoms with van der Waals surface area (Å²) in [4.78, 5) is 13.8. The first-order valence-corrected chi connectivity index (χ1v) is 10.1. The van der Waals surface area contributed by atoms with Gasteiger partial charge in [0.05, 0.1) is 25.0 Å². The van der Waals surface area contributed by atoms with Crippen LogP contribution >= 0.6 is 0 Å². The van der Waals surface area contributed by atoms with Crippen LogP contribution in [0.25, 0.3) is 0 Å². The van der Waals surface area contributed by atoms with Gasteiger partial charge < -0.3 is 4.90 Å². The van der Waals surface area contributed by atoms with Crippen LogP contribution in [0.2, 0.25) is 0 Å². The maximum atomic E-state index is 13.9. The van der Waals surface area contributed by atoms with Gasteiger partial charge in [-0.25, -0.2) is 12.8 Å². The van der Waals surface area contributed by atoms with E-state index in [0.717, 1.165) is 6.07 Å². The minimum absolute atomic E-state index is 0.122. The number of carbonyl (C=O) groups excluding carboxylic acids is 1. The van der Waals surface area contributed by atoms with Crippen molar-refractivity contribution in [2.45, 2.75) is 30.6 Å². The van der Waals surface area contributed by atoms with E-state index < -0.39 is 15.8 Å². The minimum atomic E-state index is -3.94. The van der Waals surface area contributed by atoms with Crippen molar-refractivity contribution in [2.24, 2.45) is 5.92 Å². The highest BCUT2D eigenvalue weighted by atomic mass is 32.2. The number of piperidine rings is 1. The summed E-state index contributed by atoms with van der Waals surface area (Å²) in [5.41, 5.74) is 0. The van der Waals surface area contributed by atoms with Gasteiger partial charge in [0.25, 0.3) is 0 Å². The fourth-order valence-corrected chi connectivity index (χ4v) is 4.63. The van der Waals surface area contributed by atoms with E-state index in [9.17, 15) is 17.6 Å². The fraction of sp³-hybridized carbons (Fsp3) is 0.500. The molecule has 2 rings (SSSR count). The van der Waals surface area contributed by atoms with Crippen LogP contribution in [0.15, 0.2) is 29.2 Å². The third kappa shape index (κ3) is 5.03. The monoisotopic (exact) mass is 392 g/mol. The maximum absolute atomic E-state index is 13.9. The second kappa shape index (κ2) is 9.45. The Bertz CT molecular complexity index is 834. The first-order valence-electron chi connectivity index (χ1n) is 8.69. The third-order valence-electron chi connectivity index (χ3n) is 4.56. The summed E-state index contributed by atoms with van der Waals surface area (Å²) >= 11 is 0. The molecule has 0 atom stereocenters. The predicted octanol–water partition coefficient (Wildman–Crippen LogP) is 1.88. The molecule has 0 N–H and O–H groups in total. The van der Waals surface area contributed by atoms with Crippen molar-refractivity contribution in [3.63, 3.8) is 0 Å². The highest BCUT2D eigenvalue weighted by Gasteiger charge is 2.34. The Balaban J connectivity index is 2.03. The molecule has 0 aromatic heterocycles. The van der Waals surface area contributed by atoms with Crippen molar-refractivity contribution in [3.8, 4) is 12.1 Å². The Morgan fingerprint density at radius 3 is 2.22 bits per heavy atom. The Morgan fingerprint density at radius 1 is 1.15 bits per heavy atom. The fourth-order valence-electron chi connectivity index (χ4n) is 3.10. The van der Waals surface area contributed by atoms with Crippen LogP contribution in [0.5, 0.6) is 0 Å². The van der Waals surface area contributed by atoms with Crippen molar-refractivity contribution >= 4 is 15.9 Å². The number of hydrogen-bond acceptors (Lipinski definition) is 5. The lowest BCUT2D eigenvalue weighted by Gasteiger charge is -2.33. The lowest BCUT2D eigenvalue weighted by atomic mass is 9.96. The molecule has 1 heterocycles. The molecule has 9 heteroatoms. The Morgan fingerprint density at radius 2 is 1.70 bits per heavy atom. The molecule has 0 bridgehead atoms. The van der Waals surface area contributed by atoms with Crippen LogP contribution in [0.1, 0.15) is 25.7 Å². The SMILES string of the molecule is N#CCCN(CCC#N)C(=O)C1CCN(S(=O)(=O)c2ccccc2F)CC1. The predicted molar refractivity (Wildman–Crippen MR) is 94.9 cm³/mol. The second-order valence-electron chi connectivity index (χ2n) is 6.25. The van der Waals surface area contributed by atoms with E-state index in [1.165, 1.54) is 27.4 Å². The summed E-state index contributed by atoms with van der Waals surface area (Å²) < 4.78 is 40.3. The van der Waals surface area contributed by atoms with Crippen LogP contribution < -0.4 is 0 Å². The molecule has 144 valence electrons. The van der Waals surface area contributed by atoms with Gasteiger partial charge in [0, 0.05) is 32.1 Å². The standard InChI is InChI=1S/C18H21FN4O3S/c19-16-5-1-2-6-17(16)27(25,26)23-13-7-15(8-14-23)18(24)22(11-3-9-20)12-4-10-21/h1-2,5-6,15H,3-4,7-8,11-14H2. The van der Waals surface area contributed by atoms with E-state index >= 15 is 0 Å². The van der Waals surface area contributed by atoms with E-state index in [2.05, 4.69) is 0 Å². The van der Waals surface area contributed by atoms with E-state index in [1.54, 1.807) is 0 Å². The average Bonchev–Trinajstić information content (AvgIpc) is 2.68. The topological polar surface area (TPSA) is 105 Å². The zero-order valence-electron chi connectivity index (χ0n) is 14.8. The summed E-state index contributed by atoms with van der Waals surface area (Å²) in [5, 5.41) is 17.5. The van der Waals surface area contributed by atoms with Crippen LogP contribution in [-0.4, -0.2) is 49.7 Å². The molecule has 0 radical (unpaired) electrons. The number of benzene rings is 1. The summed E-state index contributed by atoms with van der Waals surface area (Å²) in [6.45, 7) is 0.754. The Hall–Kier alpha value is -2.49. The zero-order valence-corrected chi connectivity index (χ0v) is 15.7. The van der Waals surface area contributed by atoms with Gasteiger partial charge in [-0.3, -0.25) is 4.79 Å². The number of nitriles is 2. The maximum Gasteiger partial charge on any atom is 0.245 e. The van der Waals surface area contributed by atoms with Gasteiger partial charge in [-0.2, -0.15) is 14.8 Å². The van der Waals surface area contributed by atoms with Gasteiger partial charge >= 0.3 is 0 Å². The number of rotatable bonds is 7. The van der Waals surface area contributed by atoms with Crippen molar-refractivity contribution in [3.05, 3.63) is 30.1 Å². The number of sulfonamides is 1. The lowest BCUT2D eigenvalue weighted by Crippen LogP contribution is -2.45. The molecule has 1 fully saturated rings. The summed E-state index contributed by atoms with van der Waals surface area (Å²) in [7, 11) is -3.94.